The molecular weight excluding hydrogens is 481 g/mol. The first kappa shape index (κ1) is 19.3. The minimum absolute atomic E-state index is 0.176. The number of rotatable bonds is 5. The molecule has 148 valence electrons. The lowest BCUT2D eigenvalue weighted by atomic mass is 10.1. The Kier molecular flexibility index (Phi) is 5.33. The van der Waals surface area contributed by atoms with Crippen molar-refractivity contribution >= 4 is 39.6 Å². The van der Waals surface area contributed by atoms with Crippen LogP contribution >= 0.6 is 22.6 Å². The molecule has 0 radical (unpaired) electrons. The second kappa shape index (κ2) is 7.75. The zero-order valence-corrected chi connectivity index (χ0v) is 16.6. The lowest BCUT2D eigenvalue weighted by Crippen LogP contribution is -2.33. The van der Waals surface area contributed by atoms with Crippen molar-refractivity contribution in [2.24, 2.45) is 0 Å². The fraction of sp³-hybridized carbons (Fsp3) is 0.353. The molecule has 0 amide bonds. The van der Waals surface area contributed by atoms with Gasteiger partial charge in [0.2, 0.25) is 0 Å². The lowest BCUT2D eigenvalue weighted by Gasteiger charge is -2.16. The zero-order chi connectivity index (χ0) is 19.8. The van der Waals surface area contributed by atoms with Crippen molar-refractivity contribution in [3.63, 3.8) is 0 Å². The molecule has 0 aliphatic carbocycles. The molecule has 5 N–H and O–H groups in total. The van der Waals surface area contributed by atoms with Crippen LogP contribution in [0.5, 0.6) is 5.75 Å². The summed E-state index contributed by atoms with van der Waals surface area (Å²) in [5.74, 6) is 0.629. The number of halogens is 1. The molecule has 1 aliphatic rings. The average Bonchev–Trinajstić information content (AvgIpc) is 3.24. The Morgan fingerprint density at radius 3 is 2.75 bits per heavy atom. The summed E-state index contributed by atoms with van der Waals surface area (Å²) in [4.78, 5) is 12.7. The molecule has 1 aliphatic heterocycles. The molecule has 2 aromatic heterocycles. The van der Waals surface area contributed by atoms with Crippen LogP contribution in [0.4, 0.5) is 5.82 Å². The van der Waals surface area contributed by atoms with Crippen molar-refractivity contribution in [3.8, 4) is 5.75 Å². The number of aromatic nitrogens is 4. The van der Waals surface area contributed by atoms with Crippen molar-refractivity contribution in [3.05, 3.63) is 40.0 Å². The largest absolute Gasteiger partial charge is 0.508 e. The summed E-state index contributed by atoms with van der Waals surface area (Å²) in [6.45, 7) is -0.0853. The Balaban J connectivity index is 1.61. The highest BCUT2D eigenvalue weighted by Crippen LogP contribution is 2.32. The molecule has 0 spiro atoms. The quantitative estimate of drug-likeness (QED) is 0.314. The number of phenolic OH excluding ortho intramolecular Hbond substituents is 1. The molecule has 0 saturated carbocycles. The number of imidazole rings is 1. The first-order valence-electron chi connectivity index (χ1n) is 8.51. The van der Waals surface area contributed by atoms with Crippen molar-refractivity contribution in [2.45, 2.75) is 31.1 Å². The van der Waals surface area contributed by atoms with E-state index in [1.807, 2.05) is 12.1 Å². The highest BCUT2D eigenvalue weighted by atomic mass is 127. The molecular formula is C17H18IN5O5. The Morgan fingerprint density at radius 2 is 2.00 bits per heavy atom. The van der Waals surface area contributed by atoms with Gasteiger partial charge in [-0.2, -0.15) is 0 Å². The predicted octanol–water partition coefficient (Wildman–Crippen LogP) is 0.360. The Morgan fingerprint density at radius 1 is 1.18 bits per heavy atom. The Labute approximate surface area is 173 Å². The van der Waals surface area contributed by atoms with Gasteiger partial charge in [-0.15, -0.1) is 0 Å². The molecule has 3 aromatic rings. The maximum absolute atomic E-state index is 10.2. The molecule has 3 heterocycles. The number of benzene rings is 1. The predicted molar refractivity (Wildman–Crippen MR) is 106 cm³/mol. The number of nitrogens with one attached hydrogen (secondary N) is 1. The standard InChI is InChI=1S/C17H18IN5O5/c18-9-1-2-10(25)8(3-9)4-19-15-12-16(21-6-20-15)23(7-22-12)17-14(27)13(26)11(5-24)28-17/h1-3,6-7,11,13-14,17,24-27H,4-5H2,(H,19,20,21)/t11-,13-,14-,17-/m1/s1. The molecule has 1 saturated heterocycles. The lowest BCUT2D eigenvalue weighted by molar-refractivity contribution is -0.0511. The number of hydrogen-bond acceptors (Lipinski definition) is 9. The van der Waals surface area contributed by atoms with E-state index in [0.717, 1.165) is 3.57 Å². The van der Waals surface area contributed by atoms with Gasteiger partial charge in [-0.05, 0) is 40.8 Å². The number of aliphatic hydroxyl groups is 3. The van der Waals surface area contributed by atoms with Gasteiger partial charge in [0.1, 0.15) is 30.4 Å². The van der Waals surface area contributed by atoms with E-state index in [4.69, 9.17) is 4.74 Å². The first-order valence-corrected chi connectivity index (χ1v) is 9.58. The molecule has 11 heteroatoms. The number of hydrogen-bond donors (Lipinski definition) is 5. The SMILES string of the molecule is OC[C@H]1O[C@@H](n2cnc3c(NCc4cc(I)ccc4O)ncnc32)[C@H](O)[C@@H]1O. The summed E-state index contributed by atoms with van der Waals surface area (Å²) in [6, 6.07) is 5.30. The van der Waals surface area contributed by atoms with Crippen LogP contribution in [-0.2, 0) is 11.3 Å². The van der Waals surface area contributed by atoms with E-state index in [0.29, 0.717) is 29.1 Å². The van der Waals surface area contributed by atoms with Crippen LogP contribution in [0, 0.1) is 3.57 Å². The molecule has 0 bridgehead atoms. The average molecular weight is 499 g/mol. The smallest absolute Gasteiger partial charge is 0.167 e. The van der Waals surface area contributed by atoms with Gasteiger partial charge in [0.15, 0.2) is 23.2 Å². The fourth-order valence-electron chi connectivity index (χ4n) is 3.15. The minimum Gasteiger partial charge on any atom is -0.508 e. The van der Waals surface area contributed by atoms with Crippen LogP contribution in [0.3, 0.4) is 0 Å². The molecule has 10 nitrogen and oxygen atoms in total. The van der Waals surface area contributed by atoms with Gasteiger partial charge in [-0.3, -0.25) is 4.57 Å². The van der Waals surface area contributed by atoms with Crippen molar-refractivity contribution in [1.82, 2.24) is 19.5 Å². The maximum atomic E-state index is 10.2. The molecule has 4 atom stereocenters. The number of aromatic hydroxyl groups is 1. The van der Waals surface area contributed by atoms with E-state index < -0.39 is 31.1 Å². The molecule has 28 heavy (non-hydrogen) atoms. The van der Waals surface area contributed by atoms with Gasteiger partial charge in [0.05, 0.1) is 12.9 Å². The van der Waals surface area contributed by atoms with Crippen LogP contribution < -0.4 is 5.32 Å². The number of nitrogens with zero attached hydrogens (tertiary/aromatic N) is 4. The summed E-state index contributed by atoms with van der Waals surface area (Å²) in [6.07, 6.45) is -1.48. The molecule has 4 rings (SSSR count). The van der Waals surface area contributed by atoms with Crippen LogP contribution in [0.25, 0.3) is 11.2 Å². The number of anilines is 1. The van der Waals surface area contributed by atoms with E-state index in [1.54, 1.807) is 6.07 Å². The van der Waals surface area contributed by atoms with E-state index in [-0.39, 0.29) is 5.75 Å². The second-order valence-corrected chi connectivity index (χ2v) is 7.65. The van der Waals surface area contributed by atoms with E-state index in [1.165, 1.54) is 17.2 Å². The third kappa shape index (κ3) is 3.39. The van der Waals surface area contributed by atoms with Crippen LogP contribution in [-0.4, -0.2) is 64.9 Å². The van der Waals surface area contributed by atoms with E-state index >= 15 is 0 Å². The van der Waals surface area contributed by atoms with Crippen LogP contribution in [0.2, 0.25) is 0 Å². The summed E-state index contributed by atoms with van der Waals surface area (Å²) < 4.78 is 8.03. The zero-order valence-electron chi connectivity index (χ0n) is 14.5. The first-order chi connectivity index (χ1) is 13.5. The highest BCUT2D eigenvalue weighted by molar-refractivity contribution is 14.1. The summed E-state index contributed by atoms with van der Waals surface area (Å²) in [7, 11) is 0. The van der Waals surface area contributed by atoms with Crippen molar-refractivity contribution in [2.75, 3.05) is 11.9 Å². The summed E-state index contributed by atoms with van der Waals surface area (Å²) >= 11 is 2.17. The van der Waals surface area contributed by atoms with Gasteiger partial charge >= 0.3 is 0 Å². The normalized spacial score (nSPS) is 24.7. The van der Waals surface area contributed by atoms with Crippen molar-refractivity contribution < 1.29 is 25.2 Å². The third-order valence-corrected chi connectivity index (χ3v) is 5.31. The maximum Gasteiger partial charge on any atom is 0.167 e. The fourth-order valence-corrected chi connectivity index (χ4v) is 3.71. The number of fused-ring (bicyclic) bond motifs is 1. The third-order valence-electron chi connectivity index (χ3n) is 4.64. The highest BCUT2D eigenvalue weighted by Gasteiger charge is 2.44. The number of phenols is 1. The monoisotopic (exact) mass is 499 g/mol. The Hall–Kier alpha value is -2.06. The number of ether oxygens (including phenoxy) is 1. The number of aliphatic hydroxyl groups excluding tert-OH is 3. The molecule has 1 fully saturated rings. The van der Waals surface area contributed by atoms with Crippen molar-refractivity contribution in [1.29, 1.82) is 0 Å². The topological polar surface area (TPSA) is 146 Å². The minimum atomic E-state index is -1.23. The van der Waals surface area contributed by atoms with E-state index in [9.17, 15) is 20.4 Å². The van der Waals surface area contributed by atoms with Gasteiger partial charge < -0.3 is 30.5 Å². The van der Waals surface area contributed by atoms with Crippen LogP contribution in [0.15, 0.2) is 30.9 Å². The van der Waals surface area contributed by atoms with E-state index in [2.05, 4.69) is 42.9 Å². The summed E-state index contributed by atoms with van der Waals surface area (Å²) in [5.41, 5.74) is 1.56. The summed E-state index contributed by atoms with van der Waals surface area (Å²) in [5, 5.41) is 42.6. The Bertz CT molecular complexity index is 999. The second-order valence-electron chi connectivity index (χ2n) is 6.40. The van der Waals surface area contributed by atoms with Gasteiger partial charge in [0.25, 0.3) is 0 Å². The molecule has 1 aromatic carbocycles. The molecule has 0 unspecified atom stereocenters. The van der Waals surface area contributed by atoms with Gasteiger partial charge in [-0.25, -0.2) is 15.0 Å². The van der Waals surface area contributed by atoms with Gasteiger partial charge in [-0.1, -0.05) is 0 Å². The van der Waals surface area contributed by atoms with Gasteiger partial charge in [0, 0.05) is 15.7 Å². The van der Waals surface area contributed by atoms with Crippen LogP contribution in [0.1, 0.15) is 11.8 Å².